The van der Waals surface area contributed by atoms with Gasteiger partial charge in [-0.1, -0.05) is 27.7 Å². The molecule has 1 aromatic heterocycles. The van der Waals surface area contributed by atoms with E-state index in [4.69, 9.17) is 0 Å². The molecule has 2 fully saturated rings. The van der Waals surface area contributed by atoms with Crippen LogP contribution in [0.5, 0.6) is 0 Å². The van der Waals surface area contributed by atoms with Crippen molar-refractivity contribution in [2.75, 3.05) is 25.1 Å². The summed E-state index contributed by atoms with van der Waals surface area (Å²) in [6.45, 7) is 8.86. The molecule has 0 aliphatic carbocycles. The molecule has 0 saturated carbocycles. The number of carboxylic acid groups (broad SMARTS) is 1. The molecule has 3 heterocycles. The van der Waals surface area contributed by atoms with Crippen LogP contribution in [0, 0.1) is 0 Å². The molecule has 0 bridgehead atoms. The minimum absolute atomic E-state index is 0.0876. The van der Waals surface area contributed by atoms with Crippen molar-refractivity contribution < 1.29 is 19.5 Å². The molecule has 2 N–H and O–H groups in total. The molecule has 2 aliphatic rings. The number of nitrogens with zero attached hydrogens (tertiary/aromatic N) is 4. The van der Waals surface area contributed by atoms with Gasteiger partial charge in [0.1, 0.15) is 11.7 Å². The average Bonchev–Trinajstić information content (AvgIpc) is 3.26. The molecule has 0 aromatic carbocycles. The molecule has 1 spiro atoms. The Morgan fingerprint density at radius 3 is 2.45 bits per heavy atom. The van der Waals surface area contributed by atoms with E-state index < -0.39 is 17.7 Å². The Balaban J connectivity index is 1.81. The maximum atomic E-state index is 13.3. The first-order chi connectivity index (χ1) is 15.4. The SMILES string of the molecule is CCC(C(=O)O)N1C(=O)C(CCSC)NC12CCN(C(=O)c1cc(C(C)(C)C)nn1C)CC2. The molecule has 0 radical (unpaired) electrons. The van der Waals surface area contributed by atoms with Crippen LogP contribution < -0.4 is 5.32 Å². The van der Waals surface area contributed by atoms with Crippen LogP contribution >= 0.6 is 11.8 Å². The van der Waals surface area contributed by atoms with E-state index in [1.54, 1.807) is 40.2 Å². The van der Waals surface area contributed by atoms with Crippen molar-refractivity contribution in [3.05, 3.63) is 17.5 Å². The maximum Gasteiger partial charge on any atom is 0.326 e. The summed E-state index contributed by atoms with van der Waals surface area (Å²) in [6.07, 6.45) is 3.98. The number of carboxylic acids is 1. The molecule has 2 saturated heterocycles. The Labute approximate surface area is 200 Å². The van der Waals surface area contributed by atoms with Crippen LogP contribution in [0.3, 0.4) is 0 Å². The minimum atomic E-state index is -0.986. The van der Waals surface area contributed by atoms with Crippen LogP contribution in [0.4, 0.5) is 0 Å². The molecule has 2 aliphatic heterocycles. The number of carbonyl (C=O) groups is 3. The van der Waals surface area contributed by atoms with Gasteiger partial charge in [0.15, 0.2) is 0 Å². The van der Waals surface area contributed by atoms with E-state index in [2.05, 4.69) is 31.2 Å². The number of nitrogens with one attached hydrogen (secondary N) is 1. The molecule has 2 amide bonds. The highest BCUT2D eigenvalue weighted by atomic mass is 32.2. The van der Waals surface area contributed by atoms with Crippen molar-refractivity contribution in [1.29, 1.82) is 0 Å². The van der Waals surface area contributed by atoms with Gasteiger partial charge in [0.05, 0.1) is 17.4 Å². The first-order valence-corrected chi connectivity index (χ1v) is 13.0. The number of aliphatic carboxylic acids is 1. The molecule has 2 atom stereocenters. The fourth-order valence-corrected chi connectivity index (χ4v) is 5.32. The lowest BCUT2D eigenvalue weighted by Crippen LogP contribution is -2.63. The highest BCUT2D eigenvalue weighted by Gasteiger charge is 2.55. The number of likely N-dealkylation sites (tertiary alicyclic amines) is 1. The number of thioether (sulfide) groups is 1. The zero-order valence-electron chi connectivity index (χ0n) is 20.6. The van der Waals surface area contributed by atoms with Crippen molar-refractivity contribution in [2.24, 2.45) is 7.05 Å². The van der Waals surface area contributed by atoms with Crippen molar-refractivity contribution in [2.45, 2.75) is 76.5 Å². The predicted molar refractivity (Wildman–Crippen MR) is 128 cm³/mol. The van der Waals surface area contributed by atoms with Gasteiger partial charge in [0.25, 0.3) is 5.91 Å². The lowest BCUT2D eigenvalue weighted by atomic mass is 9.92. The van der Waals surface area contributed by atoms with Crippen molar-refractivity contribution in [3.63, 3.8) is 0 Å². The van der Waals surface area contributed by atoms with Crippen molar-refractivity contribution in [1.82, 2.24) is 24.9 Å². The summed E-state index contributed by atoms with van der Waals surface area (Å²) in [5.74, 6) is -0.395. The van der Waals surface area contributed by atoms with Gasteiger partial charge < -0.3 is 14.9 Å². The second kappa shape index (κ2) is 9.66. The topological polar surface area (TPSA) is 108 Å². The Morgan fingerprint density at radius 1 is 1.33 bits per heavy atom. The third kappa shape index (κ3) is 4.91. The van der Waals surface area contributed by atoms with Gasteiger partial charge in [-0.3, -0.25) is 19.6 Å². The summed E-state index contributed by atoms with van der Waals surface area (Å²) in [7, 11) is 1.78. The number of hydrogen-bond acceptors (Lipinski definition) is 6. The number of amides is 2. The van der Waals surface area contributed by atoms with Crippen LogP contribution in [-0.4, -0.2) is 85.3 Å². The number of aromatic nitrogens is 2. The zero-order chi connectivity index (χ0) is 24.6. The number of hydrogen-bond donors (Lipinski definition) is 2. The van der Waals surface area contributed by atoms with Crippen LogP contribution in [0.1, 0.15) is 69.6 Å². The minimum Gasteiger partial charge on any atom is -0.480 e. The Bertz CT molecular complexity index is 901. The summed E-state index contributed by atoms with van der Waals surface area (Å²) in [4.78, 5) is 41.9. The summed E-state index contributed by atoms with van der Waals surface area (Å²) < 4.78 is 1.63. The molecule has 9 nitrogen and oxygen atoms in total. The summed E-state index contributed by atoms with van der Waals surface area (Å²) >= 11 is 1.67. The normalized spacial score (nSPS) is 21.6. The van der Waals surface area contributed by atoms with Gasteiger partial charge in [0.2, 0.25) is 5.91 Å². The maximum absolute atomic E-state index is 13.3. The van der Waals surface area contributed by atoms with Gasteiger partial charge >= 0.3 is 5.97 Å². The average molecular weight is 480 g/mol. The van der Waals surface area contributed by atoms with Gasteiger partial charge in [-0.25, -0.2) is 4.79 Å². The van der Waals surface area contributed by atoms with Crippen LogP contribution in [0.2, 0.25) is 0 Å². The Kier molecular flexibility index (Phi) is 7.48. The van der Waals surface area contributed by atoms with E-state index in [9.17, 15) is 19.5 Å². The fraction of sp³-hybridized carbons (Fsp3) is 0.739. The quantitative estimate of drug-likeness (QED) is 0.616. The van der Waals surface area contributed by atoms with Crippen LogP contribution in [0.25, 0.3) is 0 Å². The Hall–Kier alpha value is -2.07. The zero-order valence-corrected chi connectivity index (χ0v) is 21.4. The highest BCUT2D eigenvalue weighted by Crippen LogP contribution is 2.36. The monoisotopic (exact) mass is 479 g/mol. The molecule has 10 heteroatoms. The van der Waals surface area contributed by atoms with Gasteiger partial charge in [-0.05, 0) is 30.9 Å². The fourth-order valence-electron chi connectivity index (χ4n) is 4.85. The first-order valence-electron chi connectivity index (χ1n) is 11.6. The first kappa shape index (κ1) is 25.6. The van der Waals surface area contributed by atoms with Gasteiger partial charge in [-0.2, -0.15) is 16.9 Å². The number of rotatable bonds is 7. The van der Waals surface area contributed by atoms with Crippen molar-refractivity contribution in [3.8, 4) is 0 Å². The van der Waals surface area contributed by atoms with E-state index in [1.807, 2.05) is 12.3 Å². The molecule has 3 rings (SSSR count). The summed E-state index contributed by atoms with van der Waals surface area (Å²) in [6, 6.07) is 0.587. The molecular weight excluding hydrogens is 442 g/mol. The van der Waals surface area contributed by atoms with Crippen molar-refractivity contribution >= 4 is 29.5 Å². The number of aryl methyl sites for hydroxylation is 1. The lowest BCUT2D eigenvalue weighted by Gasteiger charge is -2.46. The van der Waals surface area contributed by atoms with E-state index >= 15 is 0 Å². The van der Waals surface area contributed by atoms with Gasteiger partial charge in [-0.15, -0.1) is 0 Å². The van der Waals surface area contributed by atoms with E-state index in [1.165, 1.54) is 0 Å². The summed E-state index contributed by atoms with van der Waals surface area (Å²) in [5, 5.41) is 17.8. The summed E-state index contributed by atoms with van der Waals surface area (Å²) in [5.41, 5.74) is 0.506. The number of piperidine rings is 1. The van der Waals surface area contributed by atoms with Crippen LogP contribution in [-0.2, 0) is 22.1 Å². The standard InChI is InChI=1S/C23H37N5O4S/c1-7-16(21(31)32)28-19(29)15(8-13-33-6)24-23(28)9-11-27(12-10-23)20(30)17-14-18(22(2,3)4)25-26(17)5/h14-16,24H,7-13H2,1-6H3,(H,31,32). The van der Waals surface area contributed by atoms with E-state index in [0.717, 1.165) is 11.4 Å². The third-order valence-electron chi connectivity index (χ3n) is 6.78. The van der Waals surface area contributed by atoms with E-state index in [-0.39, 0.29) is 23.3 Å². The second-order valence-electron chi connectivity index (χ2n) is 10.1. The molecule has 2 unspecified atom stereocenters. The molecular formula is C23H37N5O4S. The molecule has 1 aromatic rings. The van der Waals surface area contributed by atoms with Crippen LogP contribution in [0.15, 0.2) is 6.07 Å². The third-order valence-corrected chi connectivity index (χ3v) is 7.42. The van der Waals surface area contributed by atoms with E-state index in [0.29, 0.717) is 44.5 Å². The highest BCUT2D eigenvalue weighted by molar-refractivity contribution is 7.98. The number of carbonyl (C=O) groups excluding carboxylic acids is 2. The molecule has 33 heavy (non-hydrogen) atoms. The Morgan fingerprint density at radius 2 is 1.97 bits per heavy atom. The second-order valence-corrected chi connectivity index (χ2v) is 11.0. The predicted octanol–water partition coefficient (Wildman–Crippen LogP) is 2.07. The lowest BCUT2D eigenvalue weighted by molar-refractivity contribution is -0.154. The van der Waals surface area contributed by atoms with Gasteiger partial charge in [0, 0.05) is 38.4 Å². The largest absolute Gasteiger partial charge is 0.480 e. The molecule has 184 valence electrons. The smallest absolute Gasteiger partial charge is 0.326 e.